The van der Waals surface area contributed by atoms with Crippen LogP contribution in [0.5, 0.6) is 0 Å². The fraction of sp³-hybridized carbons (Fsp3) is 0.632. The van der Waals surface area contributed by atoms with E-state index >= 15 is 0 Å². The molecule has 1 aliphatic heterocycles. The van der Waals surface area contributed by atoms with Crippen molar-refractivity contribution in [3.63, 3.8) is 0 Å². The van der Waals surface area contributed by atoms with Gasteiger partial charge in [0.15, 0.2) is 5.65 Å². The fourth-order valence-electron chi connectivity index (χ4n) is 3.47. The van der Waals surface area contributed by atoms with Gasteiger partial charge in [0.2, 0.25) is 5.91 Å². The molecule has 0 bridgehead atoms. The fourth-order valence-corrected chi connectivity index (χ4v) is 3.47. The van der Waals surface area contributed by atoms with Crippen molar-refractivity contribution >= 4 is 16.9 Å². The zero-order chi connectivity index (χ0) is 18.0. The van der Waals surface area contributed by atoms with Gasteiger partial charge in [-0.1, -0.05) is 0 Å². The van der Waals surface area contributed by atoms with Crippen molar-refractivity contribution in [1.29, 1.82) is 0 Å². The Morgan fingerprint density at radius 1 is 1.44 bits per heavy atom. The Hall–Kier alpha value is -1.95. The number of ether oxygens (including phenoxy) is 1. The number of carbonyl (C=O) groups is 1. The second kappa shape index (κ2) is 7.52. The first-order valence-corrected chi connectivity index (χ1v) is 9.15. The average molecular weight is 344 g/mol. The van der Waals surface area contributed by atoms with E-state index in [1.165, 1.54) is 5.56 Å². The van der Waals surface area contributed by atoms with E-state index in [2.05, 4.69) is 31.2 Å². The summed E-state index contributed by atoms with van der Waals surface area (Å²) < 4.78 is 7.30. The lowest BCUT2D eigenvalue weighted by atomic mass is 10.00. The van der Waals surface area contributed by atoms with Crippen LogP contribution in [0.2, 0.25) is 0 Å². The van der Waals surface area contributed by atoms with E-state index in [9.17, 15) is 4.79 Å². The van der Waals surface area contributed by atoms with Gasteiger partial charge in [-0.2, -0.15) is 5.10 Å². The zero-order valence-electron chi connectivity index (χ0n) is 15.6. The quantitative estimate of drug-likeness (QED) is 0.875. The first-order valence-electron chi connectivity index (χ1n) is 9.15. The number of nitrogens with one attached hydrogen (secondary N) is 1. The highest BCUT2D eigenvalue weighted by atomic mass is 16.5. The summed E-state index contributed by atoms with van der Waals surface area (Å²) in [5.41, 5.74) is 4.27. The zero-order valence-corrected chi connectivity index (χ0v) is 15.6. The highest BCUT2D eigenvalue weighted by Gasteiger charge is 2.18. The van der Waals surface area contributed by atoms with Crippen LogP contribution in [0, 0.1) is 19.8 Å². The Bertz CT molecular complexity index is 760. The molecule has 3 rings (SSSR count). The van der Waals surface area contributed by atoms with E-state index in [1.54, 1.807) is 0 Å². The van der Waals surface area contributed by atoms with E-state index < -0.39 is 0 Å². The minimum absolute atomic E-state index is 0.101. The molecule has 1 amide bonds. The van der Waals surface area contributed by atoms with Crippen LogP contribution < -0.4 is 5.32 Å². The molecule has 1 saturated heterocycles. The third kappa shape index (κ3) is 3.84. The van der Waals surface area contributed by atoms with Crippen molar-refractivity contribution in [3.8, 4) is 0 Å². The highest BCUT2D eigenvalue weighted by molar-refractivity contribution is 5.81. The summed E-state index contributed by atoms with van der Waals surface area (Å²) in [6, 6.07) is 0.278. The maximum atomic E-state index is 12.2. The Morgan fingerprint density at radius 2 is 2.24 bits per heavy atom. The van der Waals surface area contributed by atoms with E-state index in [1.807, 2.05) is 17.8 Å². The lowest BCUT2D eigenvalue weighted by Crippen LogP contribution is -2.29. The molecule has 2 aromatic heterocycles. The average Bonchev–Trinajstić information content (AvgIpc) is 3.21. The van der Waals surface area contributed by atoms with Crippen LogP contribution in [0.3, 0.4) is 0 Å². The van der Waals surface area contributed by atoms with Gasteiger partial charge < -0.3 is 10.1 Å². The van der Waals surface area contributed by atoms with Crippen molar-refractivity contribution in [1.82, 2.24) is 20.1 Å². The standard InChI is InChI=1S/C19H28N4O2/c1-12(2)23-19-17(10-21-23)13(3)16(14(4)22-19)5-6-18(24)20-9-15-7-8-25-11-15/h10,12,15H,5-9,11H2,1-4H3,(H,20,24). The van der Waals surface area contributed by atoms with Crippen molar-refractivity contribution in [2.75, 3.05) is 19.8 Å². The maximum Gasteiger partial charge on any atom is 0.220 e. The van der Waals surface area contributed by atoms with Crippen molar-refractivity contribution in [2.24, 2.45) is 5.92 Å². The molecular weight excluding hydrogens is 316 g/mol. The van der Waals surface area contributed by atoms with Gasteiger partial charge in [-0.3, -0.25) is 4.79 Å². The second-order valence-corrected chi connectivity index (χ2v) is 7.25. The maximum absolute atomic E-state index is 12.2. The second-order valence-electron chi connectivity index (χ2n) is 7.25. The van der Waals surface area contributed by atoms with Gasteiger partial charge in [0.05, 0.1) is 12.8 Å². The Kier molecular flexibility index (Phi) is 5.37. The molecule has 136 valence electrons. The summed E-state index contributed by atoms with van der Waals surface area (Å²) in [6.45, 7) is 10.6. The molecule has 0 saturated carbocycles. The molecule has 2 aromatic rings. The molecular formula is C19H28N4O2. The highest BCUT2D eigenvalue weighted by Crippen LogP contribution is 2.25. The molecule has 3 heterocycles. The number of aromatic nitrogens is 3. The lowest BCUT2D eigenvalue weighted by Gasteiger charge is -2.13. The Balaban J connectivity index is 1.67. The SMILES string of the molecule is Cc1nc2c(cnn2C(C)C)c(C)c1CCC(=O)NCC1CCOC1. The summed E-state index contributed by atoms with van der Waals surface area (Å²) in [5, 5.41) is 8.59. The molecule has 0 aromatic carbocycles. The normalized spacial score (nSPS) is 17.6. The van der Waals surface area contributed by atoms with Crippen LogP contribution in [0.1, 0.15) is 49.6 Å². The Morgan fingerprint density at radius 3 is 2.92 bits per heavy atom. The number of rotatable bonds is 6. The summed E-state index contributed by atoms with van der Waals surface area (Å²) in [7, 11) is 0. The molecule has 6 nitrogen and oxygen atoms in total. The smallest absolute Gasteiger partial charge is 0.220 e. The van der Waals surface area contributed by atoms with Gasteiger partial charge in [-0.15, -0.1) is 0 Å². The molecule has 6 heteroatoms. The van der Waals surface area contributed by atoms with Gasteiger partial charge in [0, 0.05) is 42.6 Å². The van der Waals surface area contributed by atoms with Crippen LogP contribution in [-0.2, 0) is 16.0 Å². The summed E-state index contributed by atoms with van der Waals surface area (Å²) in [4.78, 5) is 16.9. The first kappa shape index (κ1) is 17.9. The summed E-state index contributed by atoms with van der Waals surface area (Å²) in [6.07, 6.45) is 4.13. The molecule has 0 radical (unpaired) electrons. The molecule has 1 fully saturated rings. The third-order valence-electron chi connectivity index (χ3n) is 5.04. The van der Waals surface area contributed by atoms with Crippen LogP contribution in [0.4, 0.5) is 0 Å². The minimum atomic E-state index is 0.101. The molecule has 1 unspecified atom stereocenters. The monoisotopic (exact) mass is 344 g/mol. The summed E-state index contributed by atoms with van der Waals surface area (Å²) >= 11 is 0. The van der Waals surface area contributed by atoms with Crippen molar-refractivity contribution in [3.05, 3.63) is 23.0 Å². The van der Waals surface area contributed by atoms with Gasteiger partial charge in [0.25, 0.3) is 0 Å². The first-order chi connectivity index (χ1) is 12.0. The predicted molar refractivity (Wildman–Crippen MR) is 97.6 cm³/mol. The van der Waals surface area contributed by atoms with Crippen LogP contribution in [0.15, 0.2) is 6.20 Å². The molecule has 0 spiro atoms. The minimum Gasteiger partial charge on any atom is -0.381 e. The number of aryl methyl sites for hydroxylation is 2. The number of hydrogen-bond acceptors (Lipinski definition) is 4. The molecule has 1 N–H and O–H groups in total. The van der Waals surface area contributed by atoms with E-state index in [4.69, 9.17) is 9.72 Å². The van der Waals surface area contributed by atoms with Crippen LogP contribution >= 0.6 is 0 Å². The third-order valence-corrected chi connectivity index (χ3v) is 5.04. The molecule has 25 heavy (non-hydrogen) atoms. The molecule has 0 aliphatic carbocycles. The number of fused-ring (bicyclic) bond motifs is 1. The molecule has 1 atom stereocenters. The molecule has 1 aliphatic rings. The van der Waals surface area contributed by atoms with Crippen LogP contribution in [0.25, 0.3) is 11.0 Å². The van der Waals surface area contributed by atoms with E-state index in [0.717, 1.165) is 48.5 Å². The van der Waals surface area contributed by atoms with Crippen LogP contribution in [-0.4, -0.2) is 40.4 Å². The number of nitrogens with zero attached hydrogens (tertiary/aromatic N) is 3. The number of pyridine rings is 1. The van der Waals surface area contributed by atoms with Crippen molar-refractivity contribution < 1.29 is 9.53 Å². The van der Waals surface area contributed by atoms with Gasteiger partial charge in [-0.05, 0) is 51.7 Å². The Labute approximate surface area is 149 Å². The van der Waals surface area contributed by atoms with E-state index in [0.29, 0.717) is 18.8 Å². The predicted octanol–water partition coefficient (Wildman–Crippen LogP) is 2.71. The number of carbonyl (C=O) groups excluding carboxylic acids is 1. The number of hydrogen-bond donors (Lipinski definition) is 1. The van der Waals surface area contributed by atoms with E-state index in [-0.39, 0.29) is 11.9 Å². The number of amides is 1. The lowest BCUT2D eigenvalue weighted by molar-refractivity contribution is -0.121. The topological polar surface area (TPSA) is 69.0 Å². The van der Waals surface area contributed by atoms with Gasteiger partial charge >= 0.3 is 0 Å². The largest absolute Gasteiger partial charge is 0.381 e. The van der Waals surface area contributed by atoms with Gasteiger partial charge in [0.1, 0.15) is 0 Å². The van der Waals surface area contributed by atoms with Gasteiger partial charge in [-0.25, -0.2) is 9.67 Å². The van der Waals surface area contributed by atoms with Crippen molar-refractivity contribution in [2.45, 2.75) is 53.0 Å². The summed E-state index contributed by atoms with van der Waals surface area (Å²) in [5.74, 6) is 0.566.